The molecule has 162 valence electrons. The van der Waals surface area contributed by atoms with Gasteiger partial charge in [0.05, 0.1) is 6.54 Å². The molecule has 0 aliphatic rings. The van der Waals surface area contributed by atoms with Gasteiger partial charge in [-0.2, -0.15) is 0 Å². The van der Waals surface area contributed by atoms with E-state index >= 15 is 0 Å². The van der Waals surface area contributed by atoms with Crippen molar-refractivity contribution >= 4 is 34.8 Å². The van der Waals surface area contributed by atoms with Crippen LogP contribution in [-0.2, 0) is 17.9 Å². The van der Waals surface area contributed by atoms with E-state index in [0.29, 0.717) is 23.7 Å². The van der Waals surface area contributed by atoms with Crippen molar-refractivity contribution in [2.24, 2.45) is 0 Å². The molecule has 0 radical (unpaired) electrons. The molecule has 2 aromatic carbocycles. The van der Waals surface area contributed by atoms with Crippen molar-refractivity contribution in [2.75, 3.05) is 6.54 Å². The minimum atomic E-state index is -0.157. The zero-order chi connectivity index (χ0) is 22.2. The maximum atomic E-state index is 13.4. The summed E-state index contributed by atoms with van der Waals surface area (Å²) in [6.07, 6.45) is 0.760. The van der Waals surface area contributed by atoms with Gasteiger partial charge in [-0.15, -0.1) is 11.3 Å². The summed E-state index contributed by atoms with van der Waals surface area (Å²) in [5.74, 6) is -0.227. The van der Waals surface area contributed by atoms with E-state index < -0.39 is 0 Å². The van der Waals surface area contributed by atoms with Crippen molar-refractivity contribution in [1.82, 2.24) is 9.80 Å². The van der Waals surface area contributed by atoms with E-state index in [1.807, 2.05) is 66.6 Å². The van der Waals surface area contributed by atoms with E-state index in [1.54, 1.807) is 40.5 Å². The zero-order valence-corrected chi connectivity index (χ0v) is 19.4. The van der Waals surface area contributed by atoms with Crippen molar-refractivity contribution in [1.29, 1.82) is 0 Å². The first-order chi connectivity index (χ1) is 15.0. The first-order valence-corrected chi connectivity index (χ1v) is 11.6. The Bertz CT molecular complexity index is 975. The topological polar surface area (TPSA) is 40.6 Å². The van der Waals surface area contributed by atoms with Crippen LogP contribution in [0.2, 0.25) is 5.02 Å². The van der Waals surface area contributed by atoms with Crippen LogP contribution in [0.1, 0.15) is 41.1 Å². The number of carbonyl (C=O) groups is 2. The highest BCUT2D eigenvalue weighted by molar-refractivity contribution is 7.09. The molecule has 1 unspecified atom stereocenters. The minimum Gasteiger partial charge on any atom is -0.332 e. The Balaban J connectivity index is 1.81. The molecular weight excluding hydrogens is 428 g/mol. The summed E-state index contributed by atoms with van der Waals surface area (Å²) in [5, 5.41) is 2.59. The molecule has 0 fully saturated rings. The van der Waals surface area contributed by atoms with E-state index in [9.17, 15) is 9.59 Å². The largest absolute Gasteiger partial charge is 0.332 e. The average Bonchev–Trinajstić information content (AvgIpc) is 3.30. The van der Waals surface area contributed by atoms with Crippen molar-refractivity contribution < 1.29 is 9.59 Å². The Morgan fingerprint density at radius 2 is 1.68 bits per heavy atom. The number of halogens is 1. The molecule has 31 heavy (non-hydrogen) atoms. The fourth-order valence-corrected chi connectivity index (χ4v) is 4.12. The number of nitrogens with zero attached hydrogens (tertiary/aromatic N) is 2. The van der Waals surface area contributed by atoms with E-state index in [0.717, 1.165) is 16.9 Å². The van der Waals surface area contributed by atoms with Crippen molar-refractivity contribution in [2.45, 2.75) is 39.4 Å². The molecule has 0 saturated carbocycles. The SMILES string of the molecule is CCC(C)N(CC(=O)N(Cc1ccccc1)Cc1cccs1)C(=O)c1ccc(Cl)cc1. The lowest BCUT2D eigenvalue weighted by Gasteiger charge is -2.31. The Hall–Kier alpha value is -2.63. The lowest BCUT2D eigenvalue weighted by Crippen LogP contribution is -2.46. The number of thiophene rings is 1. The molecule has 0 saturated heterocycles. The summed E-state index contributed by atoms with van der Waals surface area (Å²) in [6.45, 7) is 5.05. The van der Waals surface area contributed by atoms with Gasteiger partial charge in [-0.25, -0.2) is 0 Å². The van der Waals surface area contributed by atoms with Crippen LogP contribution in [0.4, 0.5) is 0 Å². The van der Waals surface area contributed by atoms with E-state index in [4.69, 9.17) is 11.6 Å². The lowest BCUT2D eigenvalue weighted by molar-refractivity contribution is -0.133. The number of hydrogen-bond acceptors (Lipinski definition) is 3. The molecule has 3 aromatic rings. The van der Waals surface area contributed by atoms with Crippen LogP contribution in [0.5, 0.6) is 0 Å². The maximum absolute atomic E-state index is 13.4. The van der Waals surface area contributed by atoms with Crippen molar-refractivity contribution in [3.05, 3.63) is 93.1 Å². The molecule has 3 rings (SSSR count). The Morgan fingerprint density at radius 1 is 0.968 bits per heavy atom. The predicted molar refractivity (Wildman–Crippen MR) is 127 cm³/mol. The molecule has 0 bridgehead atoms. The number of rotatable bonds is 9. The quantitative estimate of drug-likeness (QED) is 0.405. The van der Waals surface area contributed by atoms with Crippen LogP contribution in [0.25, 0.3) is 0 Å². The van der Waals surface area contributed by atoms with Crippen LogP contribution >= 0.6 is 22.9 Å². The molecule has 6 heteroatoms. The lowest BCUT2D eigenvalue weighted by atomic mass is 10.1. The van der Waals surface area contributed by atoms with Gasteiger partial charge in [0.25, 0.3) is 5.91 Å². The van der Waals surface area contributed by atoms with Gasteiger partial charge in [0.15, 0.2) is 0 Å². The van der Waals surface area contributed by atoms with Gasteiger partial charge in [0.1, 0.15) is 6.54 Å². The highest BCUT2D eigenvalue weighted by atomic mass is 35.5. The third-order valence-corrected chi connectivity index (χ3v) is 6.39. The predicted octanol–water partition coefficient (Wildman–Crippen LogP) is 5.87. The first-order valence-electron chi connectivity index (χ1n) is 10.4. The van der Waals surface area contributed by atoms with E-state index in [2.05, 4.69) is 0 Å². The first kappa shape index (κ1) is 23.0. The fourth-order valence-electron chi connectivity index (χ4n) is 3.28. The Kier molecular flexibility index (Phi) is 8.27. The summed E-state index contributed by atoms with van der Waals surface area (Å²) in [5.41, 5.74) is 1.59. The van der Waals surface area contributed by atoms with Gasteiger partial charge in [0.2, 0.25) is 5.91 Å². The number of hydrogen-bond donors (Lipinski definition) is 0. The van der Waals surface area contributed by atoms with Crippen LogP contribution in [-0.4, -0.2) is 34.2 Å². The van der Waals surface area contributed by atoms with E-state index in [-0.39, 0.29) is 24.4 Å². The third kappa shape index (κ3) is 6.42. The number of carbonyl (C=O) groups excluding carboxylic acids is 2. The smallest absolute Gasteiger partial charge is 0.254 e. The van der Waals surface area contributed by atoms with Gasteiger partial charge < -0.3 is 9.80 Å². The Labute approximate surface area is 193 Å². The molecule has 1 atom stereocenters. The molecule has 1 heterocycles. The average molecular weight is 455 g/mol. The van der Waals surface area contributed by atoms with E-state index in [1.165, 1.54) is 0 Å². The molecule has 0 N–H and O–H groups in total. The number of benzene rings is 2. The van der Waals surface area contributed by atoms with Gasteiger partial charge in [-0.05, 0) is 54.6 Å². The second-order valence-corrected chi connectivity index (χ2v) is 8.98. The van der Waals surface area contributed by atoms with Gasteiger partial charge in [-0.3, -0.25) is 9.59 Å². The summed E-state index contributed by atoms with van der Waals surface area (Å²) >= 11 is 7.60. The molecule has 4 nitrogen and oxygen atoms in total. The summed E-state index contributed by atoms with van der Waals surface area (Å²) in [6, 6.07) is 20.7. The summed E-state index contributed by atoms with van der Waals surface area (Å²) < 4.78 is 0. The monoisotopic (exact) mass is 454 g/mol. The van der Waals surface area contributed by atoms with Crippen molar-refractivity contribution in [3.63, 3.8) is 0 Å². The van der Waals surface area contributed by atoms with Gasteiger partial charge in [0, 0.05) is 28.0 Å². The fraction of sp³-hybridized carbons (Fsp3) is 0.280. The van der Waals surface area contributed by atoms with Crippen LogP contribution in [0.3, 0.4) is 0 Å². The highest BCUT2D eigenvalue weighted by Gasteiger charge is 2.26. The molecule has 2 amide bonds. The van der Waals surface area contributed by atoms with Crippen molar-refractivity contribution in [3.8, 4) is 0 Å². The minimum absolute atomic E-state index is 0.0364. The van der Waals surface area contributed by atoms with Crippen LogP contribution in [0, 0.1) is 0 Å². The van der Waals surface area contributed by atoms with Crippen LogP contribution < -0.4 is 0 Å². The maximum Gasteiger partial charge on any atom is 0.254 e. The second-order valence-electron chi connectivity index (χ2n) is 7.51. The molecular formula is C25H27ClN2O2S. The summed E-state index contributed by atoms with van der Waals surface area (Å²) in [4.78, 5) is 31.2. The van der Waals surface area contributed by atoms with Gasteiger partial charge in [-0.1, -0.05) is 54.9 Å². The summed E-state index contributed by atoms with van der Waals surface area (Å²) in [7, 11) is 0. The zero-order valence-electron chi connectivity index (χ0n) is 17.8. The highest BCUT2D eigenvalue weighted by Crippen LogP contribution is 2.18. The second kappa shape index (κ2) is 11.1. The third-order valence-electron chi connectivity index (χ3n) is 5.28. The Morgan fingerprint density at radius 3 is 2.29 bits per heavy atom. The molecule has 0 spiro atoms. The molecule has 1 aromatic heterocycles. The van der Waals surface area contributed by atoms with Gasteiger partial charge >= 0.3 is 0 Å². The molecule has 0 aliphatic heterocycles. The number of amides is 2. The van der Waals surface area contributed by atoms with Crippen LogP contribution in [0.15, 0.2) is 72.1 Å². The standard InChI is InChI=1S/C25H27ClN2O2S/c1-3-19(2)28(25(30)21-11-13-22(26)14-12-21)18-24(29)27(17-23-10-7-15-31-23)16-20-8-5-4-6-9-20/h4-15,19H,3,16-18H2,1-2H3. The molecule has 0 aliphatic carbocycles. The normalized spacial score (nSPS) is 11.7.